The average molecular weight is 486 g/mol. The highest BCUT2D eigenvalue weighted by atomic mass is 35.5. The number of carbonyl (C=O) groups excluding carboxylic acids is 3. The molecule has 0 spiro atoms. The zero-order valence-electron chi connectivity index (χ0n) is 17.4. The molecule has 0 saturated heterocycles. The fourth-order valence-corrected chi connectivity index (χ4v) is 3.05. The SMILES string of the molecule is O=C(CNC(=O)c1ccc(Cl)c([N+](=O)[O-])c1)OC(C(=O)Nc1ccc(F)cc1)c1ccccc1. The summed E-state index contributed by atoms with van der Waals surface area (Å²) in [5.41, 5.74) is 0.118. The van der Waals surface area contributed by atoms with Crippen LogP contribution in [-0.4, -0.2) is 29.3 Å². The topological polar surface area (TPSA) is 128 Å². The molecule has 0 fully saturated rings. The normalized spacial score (nSPS) is 11.2. The van der Waals surface area contributed by atoms with Crippen LogP contribution in [0.15, 0.2) is 72.8 Å². The number of nitrogens with zero attached hydrogens (tertiary/aromatic N) is 1. The zero-order valence-corrected chi connectivity index (χ0v) is 18.1. The average Bonchev–Trinajstić information content (AvgIpc) is 2.83. The van der Waals surface area contributed by atoms with Crippen molar-refractivity contribution in [2.75, 3.05) is 11.9 Å². The van der Waals surface area contributed by atoms with Crippen LogP contribution in [0.2, 0.25) is 5.02 Å². The zero-order chi connectivity index (χ0) is 24.7. The largest absolute Gasteiger partial charge is 0.446 e. The molecule has 0 aliphatic carbocycles. The van der Waals surface area contributed by atoms with Crippen LogP contribution in [-0.2, 0) is 14.3 Å². The van der Waals surface area contributed by atoms with Crippen molar-refractivity contribution in [1.82, 2.24) is 5.32 Å². The Kier molecular flexibility index (Phi) is 7.88. The van der Waals surface area contributed by atoms with Crippen LogP contribution in [0.4, 0.5) is 15.8 Å². The lowest BCUT2D eigenvalue weighted by Crippen LogP contribution is -2.33. The summed E-state index contributed by atoms with van der Waals surface area (Å²) < 4.78 is 18.4. The van der Waals surface area contributed by atoms with Gasteiger partial charge in [-0.2, -0.15) is 0 Å². The third-order valence-electron chi connectivity index (χ3n) is 4.50. The Labute approximate surface area is 197 Å². The lowest BCUT2D eigenvalue weighted by molar-refractivity contribution is -0.384. The quantitative estimate of drug-likeness (QED) is 0.281. The molecule has 1 atom stereocenters. The molecule has 174 valence electrons. The molecule has 3 aromatic rings. The third kappa shape index (κ3) is 6.36. The van der Waals surface area contributed by atoms with Crippen molar-refractivity contribution in [2.24, 2.45) is 0 Å². The van der Waals surface area contributed by atoms with E-state index in [1.54, 1.807) is 30.3 Å². The van der Waals surface area contributed by atoms with Gasteiger partial charge in [0.2, 0.25) is 6.10 Å². The van der Waals surface area contributed by atoms with Crippen molar-refractivity contribution in [3.63, 3.8) is 0 Å². The Bertz CT molecular complexity index is 1220. The van der Waals surface area contributed by atoms with Gasteiger partial charge in [-0.25, -0.2) is 4.39 Å². The maximum absolute atomic E-state index is 13.1. The lowest BCUT2D eigenvalue weighted by atomic mass is 10.1. The second-order valence-electron chi connectivity index (χ2n) is 6.88. The number of nitrogens with one attached hydrogen (secondary N) is 2. The van der Waals surface area contributed by atoms with Crippen molar-refractivity contribution in [3.8, 4) is 0 Å². The predicted octanol–water partition coefficient (Wildman–Crippen LogP) is 4.04. The fraction of sp³-hybridized carbons (Fsp3) is 0.0870. The number of hydrogen-bond acceptors (Lipinski definition) is 6. The molecule has 0 saturated carbocycles. The number of rotatable bonds is 8. The van der Waals surface area contributed by atoms with E-state index >= 15 is 0 Å². The van der Waals surface area contributed by atoms with Crippen LogP contribution in [0.25, 0.3) is 0 Å². The van der Waals surface area contributed by atoms with Gasteiger partial charge in [0.1, 0.15) is 17.4 Å². The molecule has 0 bridgehead atoms. The highest BCUT2D eigenvalue weighted by Gasteiger charge is 2.25. The second kappa shape index (κ2) is 11.0. The highest BCUT2D eigenvalue weighted by Crippen LogP contribution is 2.25. The summed E-state index contributed by atoms with van der Waals surface area (Å²) in [6, 6.07) is 16.6. The summed E-state index contributed by atoms with van der Waals surface area (Å²) in [5, 5.41) is 15.7. The van der Waals surface area contributed by atoms with E-state index in [-0.39, 0.29) is 10.6 Å². The van der Waals surface area contributed by atoms with Crippen LogP contribution >= 0.6 is 11.6 Å². The maximum atomic E-state index is 13.1. The minimum absolute atomic E-state index is 0.0856. The van der Waals surface area contributed by atoms with Crippen molar-refractivity contribution < 1.29 is 28.4 Å². The van der Waals surface area contributed by atoms with Gasteiger partial charge in [-0.3, -0.25) is 24.5 Å². The Morgan fingerprint density at radius 3 is 2.35 bits per heavy atom. The lowest BCUT2D eigenvalue weighted by Gasteiger charge is -2.18. The summed E-state index contributed by atoms with van der Waals surface area (Å²) in [6.07, 6.45) is -1.35. The van der Waals surface area contributed by atoms with Gasteiger partial charge in [-0.15, -0.1) is 0 Å². The molecular formula is C23H17ClFN3O6. The first-order valence-electron chi connectivity index (χ1n) is 9.77. The van der Waals surface area contributed by atoms with Gasteiger partial charge in [0.05, 0.1) is 4.92 Å². The van der Waals surface area contributed by atoms with Crippen molar-refractivity contribution in [1.29, 1.82) is 0 Å². The van der Waals surface area contributed by atoms with E-state index in [1.807, 2.05) is 0 Å². The Balaban J connectivity index is 1.68. The monoisotopic (exact) mass is 485 g/mol. The van der Waals surface area contributed by atoms with Gasteiger partial charge < -0.3 is 15.4 Å². The van der Waals surface area contributed by atoms with E-state index in [1.165, 1.54) is 24.3 Å². The number of hydrogen-bond donors (Lipinski definition) is 2. The number of nitro benzene ring substituents is 1. The predicted molar refractivity (Wildman–Crippen MR) is 121 cm³/mol. The van der Waals surface area contributed by atoms with E-state index in [4.69, 9.17) is 16.3 Å². The molecule has 2 amide bonds. The molecule has 0 aliphatic heterocycles. The third-order valence-corrected chi connectivity index (χ3v) is 4.82. The molecule has 3 rings (SSSR count). The van der Waals surface area contributed by atoms with E-state index in [2.05, 4.69) is 10.6 Å². The minimum atomic E-state index is -1.35. The van der Waals surface area contributed by atoms with Gasteiger partial charge >= 0.3 is 5.97 Å². The Morgan fingerprint density at radius 1 is 1.03 bits per heavy atom. The van der Waals surface area contributed by atoms with Crippen LogP contribution < -0.4 is 10.6 Å². The van der Waals surface area contributed by atoms with Crippen molar-refractivity contribution >= 4 is 40.8 Å². The Hall–Kier alpha value is -4.31. The molecule has 0 radical (unpaired) electrons. The summed E-state index contributed by atoms with van der Waals surface area (Å²) in [6.45, 7) is -0.609. The van der Waals surface area contributed by atoms with Crippen LogP contribution in [0, 0.1) is 15.9 Å². The number of esters is 1. The smallest absolute Gasteiger partial charge is 0.326 e. The number of carbonyl (C=O) groups is 3. The van der Waals surface area contributed by atoms with E-state index < -0.39 is 46.9 Å². The summed E-state index contributed by atoms with van der Waals surface area (Å²) in [7, 11) is 0. The number of ether oxygens (including phenoxy) is 1. The molecule has 3 aromatic carbocycles. The molecule has 11 heteroatoms. The van der Waals surface area contributed by atoms with Gasteiger partial charge in [-0.1, -0.05) is 41.9 Å². The minimum Gasteiger partial charge on any atom is -0.446 e. The van der Waals surface area contributed by atoms with Crippen molar-refractivity contribution in [2.45, 2.75) is 6.10 Å². The first kappa shape index (κ1) is 24.3. The number of amides is 2. The van der Waals surface area contributed by atoms with E-state index in [0.717, 1.165) is 18.2 Å². The molecule has 0 aliphatic rings. The number of anilines is 1. The van der Waals surface area contributed by atoms with Crippen LogP contribution in [0.3, 0.4) is 0 Å². The molecular weight excluding hydrogens is 469 g/mol. The van der Waals surface area contributed by atoms with Gasteiger partial charge in [-0.05, 0) is 36.4 Å². The molecule has 2 N–H and O–H groups in total. The summed E-state index contributed by atoms with van der Waals surface area (Å²) in [4.78, 5) is 47.7. The molecule has 0 aromatic heterocycles. The first-order chi connectivity index (χ1) is 16.2. The summed E-state index contributed by atoms with van der Waals surface area (Å²) in [5.74, 6) is -2.87. The number of halogens is 2. The molecule has 34 heavy (non-hydrogen) atoms. The molecule has 9 nitrogen and oxygen atoms in total. The van der Waals surface area contributed by atoms with E-state index in [9.17, 15) is 28.9 Å². The van der Waals surface area contributed by atoms with Crippen molar-refractivity contribution in [3.05, 3.63) is 105 Å². The van der Waals surface area contributed by atoms with Gasteiger partial charge in [0.15, 0.2) is 0 Å². The molecule has 1 unspecified atom stereocenters. The number of benzene rings is 3. The van der Waals surface area contributed by atoms with Gasteiger partial charge in [0, 0.05) is 22.9 Å². The van der Waals surface area contributed by atoms with Gasteiger partial charge in [0.25, 0.3) is 17.5 Å². The Morgan fingerprint density at radius 2 is 1.71 bits per heavy atom. The first-order valence-corrected chi connectivity index (χ1v) is 10.2. The van der Waals surface area contributed by atoms with Crippen LogP contribution in [0.1, 0.15) is 22.0 Å². The summed E-state index contributed by atoms with van der Waals surface area (Å²) >= 11 is 5.73. The maximum Gasteiger partial charge on any atom is 0.326 e. The highest BCUT2D eigenvalue weighted by molar-refractivity contribution is 6.32. The number of nitro groups is 1. The molecule has 0 heterocycles. The fourth-order valence-electron chi connectivity index (χ4n) is 2.86. The second-order valence-corrected chi connectivity index (χ2v) is 7.29. The standard InChI is InChI=1S/C23H17ClFN3O6/c24-18-11-6-15(12-19(18)28(32)33)22(30)26-13-20(29)34-21(14-4-2-1-3-5-14)23(31)27-17-9-7-16(25)8-10-17/h1-12,21H,13H2,(H,26,30)(H,27,31). The van der Waals surface area contributed by atoms with Crippen LogP contribution in [0.5, 0.6) is 0 Å². The van der Waals surface area contributed by atoms with E-state index in [0.29, 0.717) is 11.3 Å².